The molecule has 0 saturated heterocycles. The summed E-state index contributed by atoms with van der Waals surface area (Å²) in [5.41, 5.74) is 1.63. The number of anilines is 3. The standard InChI is InChI=1S/C20H23BrN4O5/c1-29-11-12-30-20(28)25-17-4-2-3-16(13-17)23-18(26)9-10-22-19(27)24-15-7-5-14(21)6-8-15/h2-8,13H,9-12H2,1H3,(H,23,26)(H,25,28)(H2,22,24,27). The predicted molar refractivity (Wildman–Crippen MR) is 118 cm³/mol. The third-order valence-corrected chi connectivity index (χ3v) is 4.18. The van der Waals surface area contributed by atoms with Crippen LogP contribution >= 0.6 is 15.9 Å². The zero-order chi connectivity index (χ0) is 21.8. The van der Waals surface area contributed by atoms with Crippen LogP contribution in [0.5, 0.6) is 0 Å². The van der Waals surface area contributed by atoms with Crippen LogP contribution in [0.25, 0.3) is 0 Å². The largest absolute Gasteiger partial charge is 0.447 e. The molecule has 30 heavy (non-hydrogen) atoms. The fraction of sp³-hybridized carbons (Fsp3) is 0.250. The molecular formula is C20H23BrN4O5. The van der Waals surface area contributed by atoms with Gasteiger partial charge in [-0.15, -0.1) is 0 Å². The molecule has 0 aliphatic heterocycles. The molecule has 4 amide bonds. The van der Waals surface area contributed by atoms with Crippen molar-refractivity contribution in [2.75, 3.05) is 42.8 Å². The lowest BCUT2D eigenvalue weighted by Crippen LogP contribution is -2.31. The Kier molecular flexibility index (Phi) is 9.62. The van der Waals surface area contributed by atoms with Gasteiger partial charge in [0.2, 0.25) is 5.91 Å². The van der Waals surface area contributed by atoms with Crippen molar-refractivity contribution >= 4 is 51.0 Å². The molecule has 160 valence electrons. The first kappa shape index (κ1) is 23.2. The second-order valence-corrected chi connectivity index (χ2v) is 6.94. The van der Waals surface area contributed by atoms with Crippen molar-refractivity contribution in [3.63, 3.8) is 0 Å². The van der Waals surface area contributed by atoms with Crippen molar-refractivity contribution in [3.8, 4) is 0 Å². The fourth-order valence-corrected chi connectivity index (χ4v) is 2.53. The molecule has 2 aromatic rings. The molecule has 9 nitrogen and oxygen atoms in total. The number of amides is 4. The van der Waals surface area contributed by atoms with Gasteiger partial charge in [-0.1, -0.05) is 22.0 Å². The Morgan fingerprint density at radius 2 is 1.60 bits per heavy atom. The molecule has 0 aliphatic rings. The van der Waals surface area contributed by atoms with E-state index in [9.17, 15) is 14.4 Å². The van der Waals surface area contributed by atoms with Crippen LogP contribution in [0.2, 0.25) is 0 Å². The van der Waals surface area contributed by atoms with Gasteiger partial charge in [0.25, 0.3) is 0 Å². The van der Waals surface area contributed by atoms with Crippen LogP contribution in [0.15, 0.2) is 53.0 Å². The first-order chi connectivity index (χ1) is 14.5. The number of hydrogen-bond donors (Lipinski definition) is 4. The number of urea groups is 1. The minimum atomic E-state index is -0.614. The molecule has 0 unspecified atom stereocenters. The van der Waals surface area contributed by atoms with Crippen molar-refractivity contribution in [2.45, 2.75) is 6.42 Å². The Balaban J connectivity index is 1.72. The Morgan fingerprint density at radius 3 is 2.30 bits per heavy atom. The van der Waals surface area contributed by atoms with Crippen molar-refractivity contribution in [1.82, 2.24) is 5.32 Å². The molecule has 0 atom stereocenters. The van der Waals surface area contributed by atoms with Crippen LogP contribution in [0.4, 0.5) is 26.7 Å². The maximum absolute atomic E-state index is 12.1. The first-order valence-corrected chi connectivity index (χ1v) is 9.88. The molecule has 0 saturated carbocycles. The molecule has 0 bridgehead atoms. The molecule has 0 fully saturated rings. The maximum Gasteiger partial charge on any atom is 0.411 e. The van der Waals surface area contributed by atoms with E-state index in [4.69, 9.17) is 9.47 Å². The van der Waals surface area contributed by atoms with E-state index in [1.807, 2.05) is 12.1 Å². The quantitative estimate of drug-likeness (QED) is 0.409. The zero-order valence-corrected chi connectivity index (χ0v) is 18.0. The fourth-order valence-electron chi connectivity index (χ4n) is 2.27. The van der Waals surface area contributed by atoms with E-state index in [-0.39, 0.29) is 25.5 Å². The second kappa shape index (κ2) is 12.5. The van der Waals surface area contributed by atoms with Crippen LogP contribution in [0, 0.1) is 0 Å². The molecule has 0 radical (unpaired) electrons. The molecule has 4 N–H and O–H groups in total. The average molecular weight is 479 g/mol. The molecular weight excluding hydrogens is 456 g/mol. The number of nitrogens with one attached hydrogen (secondary N) is 4. The number of carbonyl (C=O) groups is 3. The highest BCUT2D eigenvalue weighted by atomic mass is 79.9. The lowest BCUT2D eigenvalue weighted by molar-refractivity contribution is -0.116. The van der Waals surface area contributed by atoms with Crippen LogP contribution in [0.3, 0.4) is 0 Å². The Hall–Kier alpha value is -3.11. The van der Waals surface area contributed by atoms with E-state index < -0.39 is 12.1 Å². The SMILES string of the molecule is COCCOC(=O)Nc1cccc(NC(=O)CCNC(=O)Nc2ccc(Br)cc2)c1. The van der Waals surface area contributed by atoms with E-state index in [1.54, 1.807) is 36.4 Å². The Labute approximate surface area is 182 Å². The van der Waals surface area contributed by atoms with Crippen LogP contribution < -0.4 is 21.3 Å². The zero-order valence-electron chi connectivity index (χ0n) is 16.4. The summed E-state index contributed by atoms with van der Waals surface area (Å²) in [5.74, 6) is -0.279. The monoisotopic (exact) mass is 478 g/mol. The summed E-state index contributed by atoms with van der Waals surface area (Å²) in [5, 5.41) is 10.6. The van der Waals surface area contributed by atoms with Crippen molar-refractivity contribution in [2.24, 2.45) is 0 Å². The highest BCUT2D eigenvalue weighted by molar-refractivity contribution is 9.10. The normalized spacial score (nSPS) is 10.1. The highest BCUT2D eigenvalue weighted by Crippen LogP contribution is 2.16. The number of carbonyl (C=O) groups excluding carboxylic acids is 3. The summed E-state index contributed by atoms with van der Waals surface area (Å²) < 4.78 is 10.6. The molecule has 10 heteroatoms. The molecule has 0 spiro atoms. The molecule has 2 aromatic carbocycles. The summed E-state index contributed by atoms with van der Waals surface area (Å²) in [6.07, 6.45) is -0.527. The summed E-state index contributed by atoms with van der Waals surface area (Å²) in [6.45, 7) is 0.609. The lowest BCUT2D eigenvalue weighted by atomic mass is 10.2. The molecule has 0 aliphatic carbocycles. The van der Waals surface area contributed by atoms with E-state index in [0.29, 0.717) is 23.7 Å². The summed E-state index contributed by atoms with van der Waals surface area (Å²) in [7, 11) is 1.51. The Bertz CT molecular complexity index is 861. The highest BCUT2D eigenvalue weighted by Gasteiger charge is 2.07. The third kappa shape index (κ3) is 8.93. The van der Waals surface area contributed by atoms with Gasteiger partial charge < -0.3 is 25.4 Å². The second-order valence-electron chi connectivity index (χ2n) is 6.02. The van der Waals surface area contributed by atoms with Crippen molar-refractivity contribution in [3.05, 3.63) is 53.0 Å². The Morgan fingerprint density at radius 1 is 0.900 bits per heavy atom. The van der Waals surface area contributed by atoms with Gasteiger partial charge in [0, 0.05) is 41.6 Å². The minimum Gasteiger partial charge on any atom is -0.447 e. The van der Waals surface area contributed by atoms with Crippen LogP contribution in [0.1, 0.15) is 6.42 Å². The number of ether oxygens (including phenoxy) is 2. The van der Waals surface area contributed by atoms with Gasteiger partial charge in [0.1, 0.15) is 6.61 Å². The van der Waals surface area contributed by atoms with Gasteiger partial charge in [-0.25, -0.2) is 9.59 Å². The summed E-state index contributed by atoms with van der Waals surface area (Å²) in [6, 6.07) is 13.4. The van der Waals surface area contributed by atoms with E-state index >= 15 is 0 Å². The number of methoxy groups -OCH3 is 1. The van der Waals surface area contributed by atoms with Gasteiger partial charge in [-0.2, -0.15) is 0 Å². The third-order valence-electron chi connectivity index (χ3n) is 3.65. The first-order valence-electron chi connectivity index (χ1n) is 9.09. The van der Waals surface area contributed by atoms with E-state index in [1.165, 1.54) is 7.11 Å². The van der Waals surface area contributed by atoms with Gasteiger partial charge in [-0.05, 0) is 42.5 Å². The molecule has 2 rings (SSSR count). The molecule has 0 heterocycles. The van der Waals surface area contributed by atoms with Gasteiger partial charge in [0.05, 0.1) is 6.61 Å². The summed E-state index contributed by atoms with van der Waals surface area (Å²) >= 11 is 3.32. The molecule has 0 aromatic heterocycles. The van der Waals surface area contributed by atoms with Gasteiger partial charge >= 0.3 is 12.1 Å². The average Bonchev–Trinajstić information content (AvgIpc) is 2.70. The topological polar surface area (TPSA) is 118 Å². The lowest BCUT2D eigenvalue weighted by Gasteiger charge is -2.10. The number of hydrogen-bond acceptors (Lipinski definition) is 5. The van der Waals surface area contributed by atoms with Crippen molar-refractivity contribution < 1.29 is 23.9 Å². The van der Waals surface area contributed by atoms with Crippen molar-refractivity contribution in [1.29, 1.82) is 0 Å². The van der Waals surface area contributed by atoms with E-state index in [0.717, 1.165) is 4.47 Å². The van der Waals surface area contributed by atoms with Gasteiger partial charge in [0.15, 0.2) is 0 Å². The summed E-state index contributed by atoms with van der Waals surface area (Å²) in [4.78, 5) is 35.6. The number of halogens is 1. The van der Waals surface area contributed by atoms with E-state index in [2.05, 4.69) is 37.2 Å². The number of benzene rings is 2. The van der Waals surface area contributed by atoms with Crippen LogP contribution in [-0.4, -0.2) is 44.9 Å². The predicted octanol–water partition coefficient (Wildman–Crippen LogP) is 3.79. The smallest absolute Gasteiger partial charge is 0.411 e. The van der Waals surface area contributed by atoms with Crippen LogP contribution in [-0.2, 0) is 14.3 Å². The number of rotatable bonds is 9. The minimum absolute atomic E-state index is 0.0878. The van der Waals surface area contributed by atoms with Gasteiger partial charge in [-0.3, -0.25) is 10.1 Å². The maximum atomic E-state index is 12.1.